The van der Waals surface area contributed by atoms with Gasteiger partial charge in [0.25, 0.3) is 0 Å². The Bertz CT molecular complexity index is 505. The van der Waals surface area contributed by atoms with Gasteiger partial charge in [-0.15, -0.1) is 0 Å². The number of aromatic nitrogens is 1. The molecule has 0 aliphatic carbocycles. The molecular formula is C12H13FN4. The van der Waals surface area contributed by atoms with Crippen LogP contribution < -0.4 is 16.8 Å². The van der Waals surface area contributed by atoms with Crippen LogP contribution in [0, 0.1) is 12.7 Å². The van der Waals surface area contributed by atoms with E-state index in [1.54, 1.807) is 31.2 Å². The summed E-state index contributed by atoms with van der Waals surface area (Å²) in [4.78, 5) is 4.07. The maximum atomic E-state index is 13.1. The van der Waals surface area contributed by atoms with Crippen molar-refractivity contribution in [2.75, 3.05) is 16.8 Å². The Balaban J connectivity index is 2.25. The highest BCUT2D eigenvalue weighted by Gasteiger charge is 2.02. The largest absolute Gasteiger partial charge is 0.396 e. The number of nitrogens with zero attached hydrogens (tertiary/aromatic N) is 1. The van der Waals surface area contributed by atoms with Crippen LogP contribution in [0.3, 0.4) is 0 Å². The number of nitrogens with two attached hydrogens (primary N) is 2. The van der Waals surface area contributed by atoms with E-state index in [1.165, 1.54) is 6.07 Å². The Kier molecular flexibility index (Phi) is 2.82. The molecule has 0 saturated carbocycles. The number of nitrogens with one attached hydrogen (secondary N) is 1. The number of hydrogen-bond donors (Lipinski definition) is 3. The molecule has 0 fully saturated rings. The summed E-state index contributed by atoms with van der Waals surface area (Å²) in [5, 5.41) is 3.03. The third kappa shape index (κ3) is 2.44. The van der Waals surface area contributed by atoms with Gasteiger partial charge in [-0.1, -0.05) is 0 Å². The minimum atomic E-state index is -0.236. The zero-order valence-corrected chi connectivity index (χ0v) is 9.37. The van der Waals surface area contributed by atoms with Gasteiger partial charge in [0.05, 0.1) is 5.69 Å². The number of nitrogen functional groups attached to an aromatic ring is 2. The maximum Gasteiger partial charge on any atom is 0.149 e. The molecule has 0 spiro atoms. The number of hydrogen-bond acceptors (Lipinski definition) is 4. The Morgan fingerprint density at radius 1 is 1.18 bits per heavy atom. The molecule has 1 aromatic carbocycles. The Morgan fingerprint density at radius 2 is 1.94 bits per heavy atom. The van der Waals surface area contributed by atoms with Crippen LogP contribution in [0.4, 0.5) is 27.4 Å². The molecule has 2 aromatic rings. The summed E-state index contributed by atoms with van der Waals surface area (Å²) >= 11 is 0. The molecule has 0 atom stereocenters. The van der Waals surface area contributed by atoms with Crippen LogP contribution in [0.25, 0.3) is 0 Å². The van der Waals surface area contributed by atoms with Gasteiger partial charge >= 0.3 is 0 Å². The Labute approximate surface area is 98.5 Å². The smallest absolute Gasteiger partial charge is 0.149 e. The lowest BCUT2D eigenvalue weighted by atomic mass is 10.2. The topological polar surface area (TPSA) is 77.0 Å². The fourth-order valence-electron chi connectivity index (χ4n) is 1.43. The van der Waals surface area contributed by atoms with E-state index in [1.807, 2.05) is 0 Å². The van der Waals surface area contributed by atoms with Crippen molar-refractivity contribution >= 4 is 23.0 Å². The third-order valence-electron chi connectivity index (χ3n) is 2.39. The SMILES string of the molecule is Cc1cc(Nc2ccc(N)c(N)n2)ccc1F. The number of rotatable bonds is 2. The molecule has 4 nitrogen and oxygen atoms in total. The second-order valence-corrected chi connectivity index (χ2v) is 3.76. The minimum absolute atomic E-state index is 0.236. The zero-order valence-electron chi connectivity index (χ0n) is 9.37. The molecule has 1 aromatic heterocycles. The second-order valence-electron chi connectivity index (χ2n) is 3.76. The summed E-state index contributed by atoms with van der Waals surface area (Å²) in [6, 6.07) is 8.11. The maximum absolute atomic E-state index is 13.1. The predicted molar refractivity (Wildman–Crippen MR) is 67.5 cm³/mol. The minimum Gasteiger partial charge on any atom is -0.396 e. The van der Waals surface area contributed by atoms with Crippen LogP contribution in [0.5, 0.6) is 0 Å². The lowest BCUT2D eigenvalue weighted by molar-refractivity contribution is 0.619. The van der Waals surface area contributed by atoms with Gasteiger partial charge < -0.3 is 16.8 Å². The van der Waals surface area contributed by atoms with Gasteiger partial charge in [-0.25, -0.2) is 9.37 Å². The molecule has 17 heavy (non-hydrogen) atoms. The van der Waals surface area contributed by atoms with E-state index in [-0.39, 0.29) is 11.6 Å². The molecule has 88 valence electrons. The van der Waals surface area contributed by atoms with Crippen LogP contribution in [0.1, 0.15) is 5.56 Å². The summed E-state index contributed by atoms with van der Waals surface area (Å²) in [5.74, 6) is 0.608. The molecular weight excluding hydrogens is 219 g/mol. The fourth-order valence-corrected chi connectivity index (χ4v) is 1.43. The first-order valence-corrected chi connectivity index (χ1v) is 5.11. The molecule has 5 N–H and O–H groups in total. The molecule has 0 amide bonds. The quantitative estimate of drug-likeness (QED) is 0.743. The van der Waals surface area contributed by atoms with Gasteiger partial charge in [-0.3, -0.25) is 0 Å². The van der Waals surface area contributed by atoms with E-state index >= 15 is 0 Å². The molecule has 0 unspecified atom stereocenters. The normalized spacial score (nSPS) is 10.2. The first kappa shape index (κ1) is 11.2. The van der Waals surface area contributed by atoms with Crippen LogP contribution in [0.2, 0.25) is 0 Å². The van der Waals surface area contributed by atoms with Crippen molar-refractivity contribution in [3.05, 3.63) is 41.7 Å². The van der Waals surface area contributed by atoms with Crippen molar-refractivity contribution in [3.8, 4) is 0 Å². The Morgan fingerprint density at radius 3 is 2.59 bits per heavy atom. The summed E-state index contributed by atoms with van der Waals surface area (Å²) in [7, 11) is 0. The van der Waals surface area contributed by atoms with Crippen molar-refractivity contribution in [1.82, 2.24) is 4.98 Å². The van der Waals surface area contributed by atoms with Crippen molar-refractivity contribution in [3.63, 3.8) is 0 Å². The molecule has 2 rings (SSSR count). The summed E-state index contributed by atoms with van der Waals surface area (Å²) in [5.41, 5.74) is 12.9. The van der Waals surface area contributed by atoms with E-state index in [9.17, 15) is 4.39 Å². The molecule has 5 heteroatoms. The van der Waals surface area contributed by atoms with Gasteiger partial charge in [-0.2, -0.15) is 0 Å². The number of halogens is 1. The van der Waals surface area contributed by atoms with Gasteiger partial charge in [0.15, 0.2) is 0 Å². The van der Waals surface area contributed by atoms with E-state index in [2.05, 4.69) is 10.3 Å². The van der Waals surface area contributed by atoms with E-state index in [4.69, 9.17) is 11.5 Å². The Hall–Kier alpha value is -2.30. The first-order valence-electron chi connectivity index (χ1n) is 5.11. The molecule has 0 aliphatic heterocycles. The van der Waals surface area contributed by atoms with Crippen LogP contribution in [-0.4, -0.2) is 4.98 Å². The van der Waals surface area contributed by atoms with Crippen molar-refractivity contribution in [2.24, 2.45) is 0 Å². The highest BCUT2D eigenvalue weighted by Crippen LogP contribution is 2.20. The highest BCUT2D eigenvalue weighted by molar-refractivity contribution is 5.65. The molecule has 0 bridgehead atoms. The predicted octanol–water partition coefficient (Wildman–Crippen LogP) is 2.44. The van der Waals surface area contributed by atoms with Crippen LogP contribution >= 0.6 is 0 Å². The summed E-state index contributed by atoms with van der Waals surface area (Å²) in [6.45, 7) is 1.70. The third-order valence-corrected chi connectivity index (χ3v) is 2.39. The lowest BCUT2D eigenvalue weighted by Crippen LogP contribution is -2.01. The summed E-state index contributed by atoms with van der Waals surface area (Å²) in [6.07, 6.45) is 0. The number of aryl methyl sites for hydroxylation is 1. The van der Waals surface area contributed by atoms with E-state index < -0.39 is 0 Å². The van der Waals surface area contributed by atoms with Gasteiger partial charge in [0.1, 0.15) is 17.5 Å². The molecule has 0 saturated heterocycles. The van der Waals surface area contributed by atoms with Crippen molar-refractivity contribution in [1.29, 1.82) is 0 Å². The van der Waals surface area contributed by atoms with Gasteiger partial charge in [-0.05, 0) is 42.8 Å². The first-order chi connectivity index (χ1) is 8.06. The number of anilines is 4. The average molecular weight is 232 g/mol. The second kappa shape index (κ2) is 4.29. The highest BCUT2D eigenvalue weighted by atomic mass is 19.1. The standard InChI is InChI=1S/C12H13FN4/c1-7-6-8(2-3-9(7)13)16-11-5-4-10(14)12(15)17-11/h2-6H,14H2,1H3,(H3,15,16,17). The van der Waals surface area contributed by atoms with Gasteiger partial charge in [0, 0.05) is 5.69 Å². The lowest BCUT2D eigenvalue weighted by Gasteiger charge is -2.08. The molecule has 0 aliphatic rings. The van der Waals surface area contributed by atoms with Crippen LogP contribution in [0.15, 0.2) is 30.3 Å². The zero-order chi connectivity index (χ0) is 12.4. The van der Waals surface area contributed by atoms with Crippen LogP contribution in [-0.2, 0) is 0 Å². The van der Waals surface area contributed by atoms with Crippen molar-refractivity contribution < 1.29 is 4.39 Å². The monoisotopic (exact) mass is 232 g/mol. The average Bonchev–Trinajstić information content (AvgIpc) is 2.29. The van der Waals surface area contributed by atoms with E-state index in [0.717, 1.165) is 5.69 Å². The number of pyridine rings is 1. The van der Waals surface area contributed by atoms with Crippen molar-refractivity contribution in [2.45, 2.75) is 6.92 Å². The summed E-state index contributed by atoms with van der Waals surface area (Å²) < 4.78 is 13.1. The molecule has 1 heterocycles. The van der Waals surface area contributed by atoms with Gasteiger partial charge in [0.2, 0.25) is 0 Å². The molecule has 0 radical (unpaired) electrons. The fraction of sp³-hybridized carbons (Fsp3) is 0.0833. The van der Waals surface area contributed by atoms with E-state index in [0.29, 0.717) is 17.1 Å². The number of benzene rings is 1.